The summed E-state index contributed by atoms with van der Waals surface area (Å²) in [5, 5.41) is 11.0. The maximum absolute atomic E-state index is 11.4. The zero-order chi connectivity index (χ0) is 13.7. The van der Waals surface area contributed by atoms with Gasteiger partial charge in [0.05, 0.1) is 13.4 Å². The molecule has 0 fully saturated rings. The molecule has 0 aliphatic rings. The van der Waals surface area contributed by atoms with Gasteiger partial charge in [-0.15, -0.1) is 10.2 Å². The van der Waals surface area contributed by atoms with E-state index in [4.69, 9.17) is 4.42 Å². The average Bonchev–Trinajstić information content (AvgIpc) is 3.03. The molecule has 0 radical (unpaired) electrons. The molecule has 2 aromatic rings. The Labute approximate surface area is 110 Å². The number of ether oxygens (including phenoxy) is 1. The highest BCUT2D eigenvalue weighted by molar-refractivity contribution is 5.87. The van der Waals surface area contributed by atoms with Crippen molar-refractivity contribution in [1.29, 1.82) is 0 Å². The molecular formula is C12H16N4O3. The Morgan fingerprint density at radius 1 is 1.58 bits per heavy atom. The largest absolute Gasteiger partial charge is 0.463 e. The van der Waals surface area contributed by atoms with Crippen LogP contribution in [-0.2, 0) is 24.8 Å². The molecule has 7 nitrogen and oxygen atoms in total. The van der Waals surface area contributed by atoms with Gasteiger partial charge in [-0.05, 0) is 6.07 Å². The summed E-state index contributed by atoms with van der Waals surface area (Å²) < 4.78 is 11.6. The third kappa shape index (κ3) is 3.19. The van der Waals surface area contributed by atoms with Gasteiger partial charge in [-0.2, -0.15) is 0 Å². The van der Waals surface area contributed by atoms with Crippen LogP contribution in [0.5, 0.6) is 0 Å². The van der Waals surface area contributed by atoms with Gasteiger partial charge in [-0.1, -0.05) is 0 Å². The van der Waals surface area contributed by atoms with Gasteiger partial charge in [0.1, 0.15) is 12.2 Å². The number of nitrogens with zero attached hydrogens (tertiary/aromatic N) is 3. The van der Waals surface area contributed by atoms with Crippen molar-refractivity contribution in [2.45, 2.75) is 13.0 Å². The first kappa shape index (κ1) is 13.3. The number of carbonyl (C=O) groups excluding carboxylic acids is 1. The van der Waals surface area contributed by atoms with Crippen LogP contribution in [0, 0.1) is 0 Å². The Kier molecular flexibility index (Phi) is 4.30. The van der Waals surface area contributed by atoms with Crippen molar-refractivity contribution in [3.05, 3.63) is 35.8 Å². The number of esters is 1. The molecule has 0 saturated heterocycles. The van der Waals surface area contributed by atoms with Crippen LogP contribution in [0.1, 0.15) is 21.9 Å². The minimum absolute atomic E-state index is 0.244. The standard InChI is InChI=1S/C12H16N4O3/c1-16-8-14-15-10(16)3-5-13-7-9-4-6-19-11(9)12(17)18-2/h4,6,8,13H,3,5,7H2,1-2H3. The lowest BCUT2D eigenvalue weighted by Crippen LogP contribution is -2.19. The lowest BCUT2D eigenvalue weighted by molar-refractivity contribution is 0.0563. The number of rotatable bonds is 6. The van der Waals surface area contributed by atoms with Crippen LogP contribution in [0.2, 0.25) is 0 Å². The molecule has 0 aromatic carbocycles. The van der Waals surface area contributed by atoms with E-state index in [2.05, 4.69) is 20.3 Å². The highest BCUT2D eigenvalue weighted by atomic mass is 16.5. The van der Waals surface area contributed by atoms with Gasteiger partial charge >= 0.3 is 5.97 Å². The molecule has 0 bridgehead atoms. The lowest BCUT2D eigenvalue weighted by atomic mass is 10.2. The van der Waals surface area contributed by atoms with E-state index in [1.54, 1.807) is 12.4 Å². The number of hydrogen-bond acceptors (Lipinski definition) is 6. The zero-order valence-corrected chi connectivity index (χ0v) is 10.9. The van der Waals surface area contributed by atoms with Gasteiger partial charge in [0.25, 0.3) is 0 Å². The van der Waals surface area contributed by atoms with Gasteiger partial charge in [0, 0.05) is 32.1 Å². The molecule has 19 heavy (non-hydrogen) atoms. The normalized spacial score (nSPS) is 10.6. The Morgan fingerprint density at radius 3 is 3.11 bits per heavy atom. The molecule has 2 rings (SSSR count). The number of carbonyl (C=O) groups is 1. The Morgan fingerprint density at radius 2 is 2.42 bits per heavy atom. The van der Waals surface area contributed by atoms with Crippen LogP contribution < -0.4 is 5.32 Å². The van der Waals surface area contributed by atoms with Crippen LogP contribution in [0.4, 0.5) is 0 Å². The van der Waals surface area contributed by atoms with E-state index >= 15 is 0 Å². The first-order valence-electron chi connectivity index (χ1n) is 5.90. The maximum atomic E-state index is 11.4. The van der Waals surface area contributed by atoms with E-state index in [1.807, 2.05) is 11.6 Å². The molecule has 2 heterocycles. The molecule has 0 aliphatic heterocycles. The monoisotopic (exact) mass is 264 g/mol. The van der Waals surface area contributed by atoms with E-state index in [9.17, 15) is 4.79 Å². The minimum Gasteiger partial charge on any atom is -0.463 e. The van der Waals surface area contributed by atoms with Crippen molar-refractivity contribution >= 4 is 5.97 Å². The van der Waals surface area contributed by atoms with Crippen LogP contribution in [0.3, 0.4) is 0 Å². The SMILES string of the molecule is COC(=O)c1occc1CNCCc1nncn1C. The van der Waals surface area contributed by atoms with Crippen molar-refractivity contribution in [3.63, 3.8) is 0 Å². The number of nitrogens with one attached hydrogen (secondary N) is 1. The molecule has 1 N–H and O–H groups in total. The number of aromatic nitrogens is 3. The van der Waals surface area contributed by atoms with Crippen molar-refractivity contribution in [2.75, 3.05) is 13.7 Å². The second-order valence-electron chi connectivity index (χ2n) is 4.05. The molecule has 0 aliphatic carbocycles. The van der Waals surface area contributed by atoms with Crippen LogP contribution in [0.15, 0.2) is 23.1 Å². The molecular weight excluding hydrogens is 248 g/mol. The third-order valence-corrected chi connectivity index (χ3v) is 2.76. The van der Waals surface area contributed by atoms with E-state index in [-0.39, 0.29) is 5.76 Å². The van der Waals surface area contributed by atoms with Crippen molar-refractivity contribution in [1.82, 2.24) is 20.1 Å². The molecule has 0 saturated carbocycles. The summed E-state index contributed by atoms with van der Waals surface area (Å²) in [5.41, 5.74) is 0.782. The quantitative estimate of drug-likeness (QED) is 0.605. The van der Waals surface area contributed by atoms with E-state index in [0.29, 0.717) is 6.54 Å². The minimum atomic E-state index is -0.463. The van der Waals surface area contributed by atoms with Gasteiger partial charge in [0.15, 0.2) is 0 Å². The molecule has 7 heteroatoms. The van der Waals surface area contributed by atoms with Crippen LogP contribution >= 0.6 is 0 Å². The van der Waals surface area contributed by atoms with Gasteiger partial charge in [0.2, 0.25) is 5.76 Å². The number of methoxy groups -OCH3 is 1. The topological polar surface area (TPSA) is 82.2 Å². The fraction of sp³-hybridized carbons (Fsp3) is 0.417. The van der Waals surface area contributed by atoms with Gasteiger partial charge in [-0.3, -0.25) is 0 Å². The fourth-order valence-electron chi connectivity index (χ4n) is 1.70. The van der Waals surface area contributed by atoms with Gasteiger partial charge in [-0.25, -0.2) is 4.79 Å². The first-order chi connectivity index (χ1) is 9.22. The third-order valence-electron chi connectivity index (χ3n) is 2.76. The second kappa shape index (κ2) is 6.14. The summed E-state index contributed by atoms with van der Waals surface area (Å²) in [7, 11) is 3.23. The number of hydrogen-bond donors (Lipinski definition) is 1. The van der Waals surface area contributed by atoms with E-state index < -0.39 is 5.97 Å². The first-order valence-corrected chi connectivity index (χ1v) is 5.90. The fourth-order valence-corrected chi connectivity index (χ4v) is 1.70. The summed E-state index contributed by atoms with van der Waals surface area (Å²) in [6, 6.07) is 1.75. The molecule has 0 spiro atoms. The Bertz CT molecular complexity index is 547. The predicted molar refractivity (Wildman–Crippen MR) is 66.5 cm³/mol. The Hall–Kier alpha value is -2.15. The summed E-state index contributed by atoms with van der Waals surface area (Å²) in [6.07, 6.45) is 3.91. The van der Waals surface area contributed by atoms with E-state index in [0.717, 1.165) is 24.4 Å². The zero-order valence-electron chi connectivity index (χ0n) is 10.9. The molecule has 0 unspecified atom stereocenters. The van der Waals surface area contributed by atoms with Crippen molar-refractivity contribution in [2.24, 2.45) is 7.05 Å². The Balaban J connectivity index is 1.82. The molecule has 0 amide bonds. The molecule has 0 atom stereocenters. The molecule has 102 valence electrons. The highest BCUT2D eigenvalue weighted by Crippen LogP contribution is 2.11. The van der Waals surface area contributed by atoms with Crippen LogP contribution in [0.25, 0.3) is 0 Å². The maximum Gasteiger partial charge on any atom is 0.374 e. The summed E-state index contributed by atoms with van der Waals surface area (Å²) >= 11 is 0. The van der Waals surface area contributed by atoms with E-state index in [1.165, 1.54) is 13.4 Å². The second-order valence-corrected chi connectivity index (χ2v) is 4.05. The summed E-state index contributed by atoms with van der Waals surface area (Å²) in [6.45, 7) is 1.27. The summed E-state index contributed by atoms with van der Waals surface area (Å²) in [4.78, 5) is 11.4. The summed E-state index contributed by atoms with van der Waals surface area (Å²) in [5.74, 6) is 0.691. The predicted octanol–water partition coefficient (Wildman–Crippen LogP) is 0.527. The smallest absolute Gasteiger partial charge is 0.374 e. The lowest BCUT2D eigenvalue weighted by Gasteiger charge is -2.04. The van der Waals surface area contributed by atoms with Crippen molar-refractivity contribution in [3.8, 4) is 0 Å². The highest BCUT2D eigenvalue weighted by Gasteiger charge is 2.15. The van der Waals surface area contributed by atoms with Crippen molar-refractivity contribution < 1.29 is 13.9 Å². The average molecular weight is 264 g/mol. The molecule has 2 aromatic heterocycles. The van der Waals surface area contributed by atoms with Crippen LogP contribution in [-0.4, -0.2) is 34.4 Å². The number of aryl methyl sites for hydroxylation is 1. The van der Waals surface area contributed by atoms with Gasteiger partial charge < -0.3 is 19.0 Å². The number of furan rings is 1.